The standard InChI is InChI=1S/C14H12BrN3O/c15-10-4-5-11(16-8-10)7-13(19)12-9-18-6-2-1-3-14(18)17-12/h1-6,8-9,13,19H,7H2. The van der Waals surface area contributed by atoms with Gasteiger partial charge in [-0.05, 0) is 40.2 Å². The fourth-order valence-electron chi connectivity index (χ4n) is 1.94. The molecule has 3 aromatic heterocycles. The zero-order chi connectivity index (χ0) is 13.2. The molecule has 0 radical (unpaired) electrons. The first kappa shape index (κ1) is 12.3. The van der Waals surface area contributed by atoms with Crippen molar-refractivity contribution in [3.8, 4) is 0 Å². The molecule has 3 aromatic rings. The van der Waals surface area contributed by atoms with Crippen molar-refractivity contribution in [3.63, 3.8) is 0 Å². The first-order valence-electron chi connectivity index (χ1n) is 5.94. The quantitative estimate of drug-likeness (QED) is 0.808. The van der Waals surface area contributed by atoms with Gasteiger partial charge in [0, 0.05) is 35.2 Å². The summed E-state index contributed by atoms with van der Waals surface area (Å²) in [5.41, 5.74) is 2.34. The van der Waals surface area contributed by atoms with E-state index in [4.69, 9.17) is 0 Å². The van der Waals surface area contributed by atoms with Crippen LogP contribution in [-0.2, 0) is 6.42 Å². The van der Waals surface area contributed by atoms with Crippen LogP contribution in [0.4, 0.5) is 0 Å². The summed E-state index contributed by atoms with van der Waals surface area (Å²) < 4.78 is 2.83. The largest absolute Gasteiger partial charge is 0.386 e. The Labute approximate surface area is 118 Å². The van der Waals surface area contributed by atoms with Crippen molar-refractivity contribution in [2.24, 2.45) is 0 Å². The van der Waals surface area contributed by atoms with Crippen LogP contribution < -0.4 is 0 Å². The molecule has 0 saturated carbocycles. The van der Waals surface area contributed by atoms with Crippen LogP contribution in [0.3, 0.4) is 0 Å². The number of aliphatic hydroxyl groups is 1. The number of fused-ring (bicyclic) bond motifs is 1. The lowest BCUT2D eigenvalue weighted by Gasteiger charge is -2.06. The number of nitrogens with zero attached hydrogens (tertiary/aromatic N) is 3. The number of hydrogen-bond donors (Lipinski definition) is 1. The predicted octanol–water partition coefficient (Wildman–Crippen LogP) is 2.77. The van der Waals surface area contributed by atoms with E-state index in [0.717, 1.165) is 15.8 Å². The molecule has 0 spiro atoms. The highest BCUT2D eigenvalue weighted by atomic mass is 79.9. The third kappa shape index (κ3) is 2.67. The molecule has 96 valence electrons. The van der Waals surface area contributed by atoms with Crippen molar-refractivity contribution < 1.29 is 5.11 Å². The molecule has 0 aliphatic rings. The fraction of sp³-hybridized carbons (Fsp3) is 0.143. The average molecular weight is 318 g/mol. The molecule has 0 aliphatic heterocycles. The highest BCUT2D eigenvalue weighted by Crippen LogP contribution is 2.18. The summed E-state index contributed by atoms with van der Waals surface area (Å²) in [5.74, 6) is 0. The van der Waals surface area contributed by atoms with E-state index in [0.29, 0.717) is 12.1 Å². The molecule has 0 aromatic carbocycles. The van der Waals surface area contributed by atoms with Gasteiger partial charge < -0.3 is 9.51 Å². The van der Waals surface area contributed by atoms with Crippen molar-refractivity contribution >= 4 is 21.6 Å². The number of rotatable bonds is 3. The second kappa shape index (κ2) is 5.11. The van der Waals surface area contributed by atoms with E-state index in [1.165, 1.54) is 0 Å². The number of hydrogen-bond acceptors (Lipinski definition) is 3. The van der Waals surface area contributed by atoms with Crippen LogP contribution in [0.2, 0.25) is 0 Å². The molecule has 0 aliphatic carbocycles. The normalized spacial score (nSPS) is 12.7. The van der Waals surface area contributed by atoms with Crippen LogP contribution in [0.1, 0.15) is 17.5 Å². The number of pyridine rings is 2. The zero-order valence-corrected chi connectivity index (χ0v) is 11.7. The van der Waals surface area contributed by atoms with E-state index in [-0.39, 0.29) is 0 Å². The van der Waals surface area contributed by atoms with Crippen molar-refractivity contribution in [3.05, 3.63) is 64.8 Å². The first-order valence-corrected chi connectivity index (χ1v) is 6.74. The second-order valence-corrected chi connectivity index (χ2v) is 5.24. The van der Waals surface area contributed by atoms with Crippen LogP contribution >= 0.6 is 15.9 Å². The van der Waals surface area contributed by atoms with Gasteiger partial charge in [-0.3, -0.25) is 4.98 Å². The van der Waals surface area contributed by atoms with E-state index < -0.39 is 6.10 Å². The number of halogens is 1. The Kier molecular flexibility index (Phi) is 3.31. The fourth-order valence-corrected chi connectivity index (χ4v) is 2.18. The summed E-state index contributed by atoms with van der Waals surface area (Å²) in [6.07, 6.45) is 5.30. The van der Waals surface area contributed by atoms with Gasteiger partial charge in [0.25, 0.3) is 0 Å². The summed E-state index contributed by atoms with van der Waals surface area (Å²) in [5, 5.41) is 10.2. The van der Waals surface area contributed by atoms with E-state index in [1.807, 2.05) is 47.1 Å². The minimum atomic E-state index is -0.645. The van der Waals surface area contributed by atoms with Crippen LogP contribution in [0, 0.1) is 0 Å². The Morgan fingerprint density at radius 3 is 2.89 bits per heavy atom. The molecule has 0 saturated heterocycles. The maximum atomic E-state index is 10.2. The minimum absolute atomic E-state index is 0.456. The van der Waals surface area contributed by atoms with E-state index in [1.54, 1.807) is 6.20 Å². The Balaban J connectivity index is 1.83. The van der Waals surface area contributed by atoms with Crippen molar-refractivity contribution in [2.45, 2.75) is 12.5 Å². The molecule has 0 bridgehead atoms. The van der Waals surface area contributed by atoms with Gasteiger partial charge in [-0.15, -0.1) is 0 Å². The van der Waals surface area contributed by atoms with Crippen LogP contribution in [0.25, 0.3) is 5.65 Å². The molecule has 3 rings (SSSR count). The zero-order valence-electron chi connectivity index (χ0n) is 10.1. The monoisotopic (exact) mass is 317 g/mol. The molecular weight excluding hydrogens is 306 g/mol. The summed E-state index contributed by atoms with van der Waals surface area (Å²) in [6.45, 7) is 0. The molecule has 0 amide bonds. The van der Waals surface area contributed by atoms with E-state index >= 15 is 0 Å². The Morgan fingerprint density at radius 1 is 1.26 bits per heavy atom. The molecule has 3 heterocycles. The molecule has 0 fully saturated rings. The van der Waals surface area contributed by atoms with Crippen molar-refractivity contribution in [2.75, 3.05) is 0 Å². The second-order valence-electron chi connectivity index (χ2n) is 4.32. The summed E-state index contributed by atoms with van der Waals surface area (Å²) >= 11 is 3.34. The van der Waals surface area contributed by atoms with Gasteiger partial charge in [0.1, 0.15) is 11.8 Å². The number of aromatic nitrogens is 3. The first-order chi connectivity index (χ1) is 9.22. The Hall–Kier alpha value is -1.72. The van der Waals surface area contributed by atoms with Crippen LogP contribution in [0.15, 0.2) is 53.4 Å². The lowest BCUT2D eigenvalue weighted by atomic mass is 10.1. The molecule has 1 unspecified atom stereocenters. The smallest absolute Gasteiger partial charge is 0.137 e. The molecule has 19 heavy (non-hydrogen) atoms. The SMILES string of the molecule is OC(Cc1ccc(Br)cn1)c1cn2ccccc2n1. The number of aliphatic hydroxyl groups excluding tert-OH is 1. The maximum absolute atomic E-state index is 10.2. The van der Waals surface area contributed by atoms with Gasteiger partial charge in [-0.25, -0.2) is 4.98 Å². The van der Waals surface area contributed by atoms with Crippen LogP contribution in [-0.4, -0.2) is 19.5 Å². The van der Waals surface area contributed by atoms with Crippen molar-refractivity contribution in [1.29, 1.82) is 0 Å². The third-order valence-electron chi connectivity index (χ3n) is 2.92. The van der Waals surface area contributed by atoms with Gasteiger partial charge in [0.2, 0.25) is 0 Å². The topological polar surface area (TPSA) is 50.4 Å². The molecule has 5 heteroatoms. The van der Waals surface area contributed by atoms with Gasteiger partial charge >= 0.3 is 0 Å². The molecule has 1 atom stereocenters. The molecule has 1 N–H and O–H groups in total. The summed E-state index contributed by atoms with van der Waals surface area (Å²) in [6, 6.07) is 9.58. The van der Waals surface area contributed by atoms with Gasteiger partial charge in [-0.1, -0.05) is 6.07 Å². The van der Waals surface area contributed by atoms with Gasteiger partial charge in [-0.2, -0.15) is 0 Å². The van der Waals surface area contributed by atoms with Crippen LogP contribution in [0.5, 0.6) is 0 Å². The molecular formula is C14H12BrN3O. The minimum Gasteiger partial charge on any atom is -0.386 e. The summed E-state index contributed by atoms with van der Waals surface area (Å²) in [4.78, 5) is 8.66. The third-order valence-corrected chi connectivity index (χ3v) is 3.38. The van der Waals surface area contributed by atoms with E-state index in [9.17, 15) is 5.11 Å². The van der Waals surface area contributed by atoms with Gasteiger partial charge in [0.15, 0.2) is 0 Å². The highest BCUT2D eigenvalue weighted by molar-refractivity contribution is 9.10. The van der Waals surface area contributed by atoms with E-state index in [2.05, 4.69) is 25.9 Å². The summed E-state index contributed by atoms with van der Waals surface area (Å²) in [7, 11) is 0. The Morgan fingerprint density at radius 2 is 2.16 bits per heavy atom. The Bertz CT molecular complexity index is 660. The lowest BCUT2D eigenvalue weighted by molar-refractivity contribution is 0.173. The highest BCUT2D eigenvalue weighted by Gasteiger charge is 2.13. The lowest BCUT2D eigenvalue weighted by Crippen LogP contribution is -2.03. The average Bonchev–Trinajstić information content (AvgIpc) is 2.85. The number of imidazole rings is 1. The van der Waals surface area contributed by atoms with Crippen molar-refractivity contribution in [1.82, 2.24) is 14.4 Å². The predicted molar refractivity (Wildman–Crippen MR) is 75.8 cm³/mol. The van der Waals surface area contributed by atoms with Gasteiger partial charge in [0.05, 0.1) is 5.69 Å². The maximum Gasteiger partial charge on any atom is 0.137 e. The molecule has 4 nitrogen and oxygen atoms in total.